The molecule has 0 saturated carbocycles. The maximum atomic E-state index is 12.5. The van der Waals surface area contributed by atoms with Gasteiger partial charge in [0.1, 0.15) is 5.84 Å². The predicted octanol–water partition coefficient (Wildman–Crippen LogP) is 3.20. The summed E-state index contributed by atoms with van der Waals surface area (Å²) < 4.78 is 1.66. The largest absolute Gasteiger partial charge is 0.409 e. The first-order valence-corrected chi connectivity index (χ1v) is 7.67. The highest BCUT2D eigenvalue weighted by Crippen LogP contribution is 2.21. The van der Waals surface area contributed by atoms with E-state index in [1.807, 2.05) is 19.9 Å². The first-order valence-electron chi connectivity index (χ1n) is 6.08. The van der Waals surface area contributed by atoms with E-state index in [0.29, 0.717) is 18.5 Å². The Bertz CT molecular complexity index is 498. The molecule has 0 spiro atoms. The summed E-state index contributed by atoms with van der Waals surface area (Å²) in [6.07, 6.45) is 0.329. The SMILES string of the molecule is CC(C)N(CC/C(N)=N/O)C(=O)c1cc(Br)cc(Br)c1. The number of oxime groups is 1. The van der Waals surface area contributed by atoms with Crippen molar-refractivity contribution in [3.05, 3.63) is 32.7 Å². The maximum absolute atomic E-state index is 12.5. The molecular weight excluding hydrogens is 390 g/mol. The fourth-order valence-electron chi connectivity index (χ4n) is 1.72. The summed E-state index contributed by atoms with van der Waals surface area (Å²) in [7, 11) is 0. The van der Waals surface area contributed by atoms with Crippen molar-refractivity contribution in [1.29, 1.82) is 0 Å². The van der Waals surface area contributed by atoms with Crippen molar-refractivity contribution in [1.82, 2.24) is 4.90 Å². The van der Waals surface area contributed by atoms with Crippen LogP contribution in [0.3, 0.4) is 0 Å². The third-order valence-electron chi connectivity index (χ3n) is 2.73. The summed E-state index contributed by atoms with van der Waals surface area (Å²) >= 11 is 6.74. The van der Waals surface area contributed by atoms with Crippen LogP contribution in [-0.2, 0) is 0 Å². The van der Waals surface area contributed by atoms with Crippen LogP contribution in [0.2, 0.25) is 0 Å². The normalized spacial score (nSPS) is 11.8. The van der Waals surface area contributed by atoms with Crippen molar-refractivity contribution in [2.45, 2.75) is 26.3 Å². The number of amidine groups is 1. The zero-order chi connectivity index (χ0) is 15.3. The topological polar surface area (TPSA) is 78.9 Å². The third-order valence-corrected chi connectivity index (χ3v) is 3.65. The second kappa shape index (κ2) is 7.64. The third kappa shape index (κ3) is 4.79. The van der Waals surface area contributed by atoms with Crippen LogP contribution in [-0.4, -0.2) is 34.4 Å². The number of hydrogen-bond donors (Lipinski definition) is 2. The Morgan fingerprint density at radius 3 is 2.35 bits per heavy atom. The summed E-state index contributed by atoms with van der Waals surface area (Å²) in [4.78, 5) is 14.2. The lowest BCUT2D eigenvalue weighted by Crippen LogP contribution is -2.39. The zero-order valence-electron chi connectivity index (χ0n) is 11.3. The molecule has 0 radical (unpaired) electrons. The number of benzene rings is 1. The van der Waals surface area contributed by atoms with Crippen LogP contribution in [0.25, 0.3) is 0 Å². The van der Waals surface area contributed by atoms with Gasteiger partial charge in [0, 0.05) is 33.5 Å². The standard InChI is InChI=1S/C13H17Br2N3O2/c1-8(2)18(4-3-12(16)17-20)13(19)9-5-10(14)7-11(15)6-9/h5-8,20H,3-4H2,1-2H3,(H2,16,17). The second-order valence-corrected chi connectivity index (χ2v) is 6.42. The van der Waals surface area contributed by atoms with E-state index in [9.17, 15) is 4.79 Å². The molecule has 3 N–H and O–H groups in total. The Morgan fingerprint density at radius 2 is 1.90 bits per heavy atom. The molecule has 1 rings (SSSR count). The van der Waals surface area contributed by atoms with Gasteiger partial charge in [0.05, 0.1) is 0 Å². The molecule has 1 aromatic carbocycles. The van der Waals surface area contributed by atoms with Crippen LogP contribution in [0, 0.1) is 0 Å². The number of amides is 1. The van der Waals surface area contributed by atoms with Gasteiger partial charge in [-0.3, -0.25) is 4.79 Å². The number of carbonyl (C=O) groups is 1. The van der Waals surface area contributed by atoms with Crippen molar-refractivity contribution in [2.24, 2.45) is 10.9 Å². The monoisotopic (exact) mass is 405 g/mol. The smallest absolute Gasteiger partial charge is 0.254 e. The minimum absolute atomic E-state index is 0.0201. The van der Waals surface area contributed by atoms with Crippen LogP contribution in [0.5, 0.6) is 0 Å². The molecule has 0 heterocycles. The van der Waals surface area contributed by atoms with Crippen molar-refractivity contribution < 1.29 is 10.0 Å². The van der Waals surface area contributed by atoms with Crippen LogP contribution in [0.15, 0.2) is 32.3 Å². The molecule has 0 aliphatic rings. The van der Waals surface area contributed by atoms with Gasteiger partial charge in [0.2, 0.25) is 0 Å². The lowest BCUT2D eigenvalue weighted by Gasteiger charge is -2.26. The van der Waals surface area contributed by atoms with E-state index in [0.717, 1.165) is 8.95 Å². The molecule has 0 aliphatic carbocycles. The summed E-state index contributed by atoms with van der Waals surface area (Å²) in [5, 5.41) is 11.5. The highest BCUT2D eigenvalue weighted by Gasteiger charge is 2.19. The molecule has 0 unspecified atom stereocenters. The first kappa shape index (κ1) is 17.0. The van der Waals surface area contributed by atoms with E-state index in [-0.39, 0.29) is 17.8 Å². The highest BCUT2D eigenvalue weighted by atomic mass is 79.9. The van der Waals surface area contributed by atoms with E-state index in [4.69, 9.17) is 10.9 Å². The van der Waals surface area contributed by atoms with Crippen molar-refractivity contribution in [2.75, 3.05) is 6.54 Å². The molecule has 20 heavy (non-hydrogen) atoms. The average molecular weight is 407 g/mol. The molecular formula is C13H17Br2N3O2. The van der Waals surface area contributed by atoms with Gasteiger partial charge in [0.25, 0.3) is 5.91 Å². The van der Waals surface area contributed by atoms with E-state index in [1.165, 1.54) is 0 Å². The fourth-order valence-corrected chi connectivity index (χ4v) is 3.02. The first-order chi connectivity index (χ1) is 9.35. The molecule has 0 atom stereocenters. The molecule has 0 aliphatic heterocycles. The molecule has 0 aromatic heterocycles. The van der Waals surface area contributed by atoms with Crippen LogP contribution in [0.4, 0.5) is 0 Å². The number of rotatable bonds is 5. The van der Waals surface area contributed by atoms with Gasteiger partial charge < -0.3 is 15.8 Å². The van der Waals surface area contributed by atoms with Crippen LogP contribution < -0.4 is 5.73 Å². The fraction of sp³-hybridized carbons (Fsp3) is 0.385. The van der Waals surface area contributed by atoms with Crippen LogP contribution in [0.1, 0.15) is 30.6 Å². The Balaban J connectivity index is 2.93. The Morgan fingerprint density at radius 1 is 1.35 bits per heavy atom. The molecule has 7 heteroatoms. The summed E-state index contributed by atoms with van der Waals surface area (Å²) in [5.74, 6) is 0.0200. The number of carbonyl (C=O) groups excluding carboxylic acids is 1. The minimum Gasteiger partial charge on any atom is -0.409 e. The number of hydrogen-bond acceptors (Lipinski definition) is 3. The van der Waals surface area contributed by atoms with Gasteiger partial charge in [-0.05, 0) is 32.0 Å². The molecule has 1 aromatic rings. The van der Waals surface area contributed by atoms with Gasteiger partial charge in [-0.15, -0.1) is 0 Å². The van der Waals surface area contributed by atoms with Gasteiger partial charge in [-0.1, -0.05) is 37.0 Å². The summed E-state index contributed by atoms with van der Waals surface area (Å²) in [5.41, 5.74) is 6.04. The number of nitrogens with zero attached hydrogens (tertiary/aromatic N) is 2. The van der Waals surface area contributed by atoms with Gasteiger partial charge >= 0.3 is 0 Å². The van der Waals surface area contributed by atoms with E-state index in [1.54, 1.807) is 17.0 Å². The lowest BCUT2D eigenvalue weighted by atomic mass is 10.1. The van der Waals surface area contributed by atoms with Gasteiger partial charge in [-0.25, -0.2) is 0 Å². The molecule has 0 fully saturated rings. The Hall–Kier alpha value is -1.08. The average Bonchev–Trinajstić information content (AvgIpc) is 2.36. The lowest BCUT2D eigenvalue weighted by molar-refractivity contribution is 0.0711. The second-order valence-electron chi connectivity index (χ2n) is 4.59. The number of halogens is 2. The molecule has 0 saturated heterocycles. The molecule has 110 valence electrons. The highest BCUT2D eigenvalue weighted by molar-refractivity contribution is 9.11. The van der Waals surface area contributed by atoms with E-state index < -0.39 is 0 Å². The van der Waals surface area contributed by atoms with E-state index >= 15 is 0 Å². The van der Waals surface area contributed by atoms with E-state index in [2.05, 4.69) is 37.0 Å². The predicted molar refractivity (Wildman–Crippen MR) is 86.0 cm³/mol. The van der Waals surface area contributed by atoms with Crippen molar-refractivity contribution in [3.8, 4) is 0 Å². The summed E-state index contributed by atoms with van der Waals surface area (Å²) in [6.45, 7) is 4.25. The maximum Gasteiger partial charge on any atom is 0.254 e. The van der Waals surface area contributed by atoms with Crippen molar-refractivity contribution in [3.63, 3.8) is 0 Å². The van der Waals surface area contributed by atoms with Crippen molar-refractivity contribution >= 4 is 43.6 Å². The minimum atomic E-state index is -0.0901. The molecule has 5 nitrogen and oxygen atoms in total. The Labute approximate surface area is 135 Å². The molecule has 1 amide bonds. The Kier molecular flexibility index (Phi) is 6.48. The van der Waals surface area contributed by atoms with Gasteiger partial charge in [-0.2, -0.15) is 0 Å². The summed E-state index contributed by atoms with van der Waals surface area (Å²) in [6, 6.07) is 5.43. The quantitative estimate of drug-likeness (QED) is 0.341. The molecule has 0 bridgehead atoms. The number of nitrogens with two attached hydrogens (primary N) is 1. The zero-order valence-corrected chi connectivity index (χ0v) is 14.5. The van der Waals surface area contributed by atoms with Gasteiger partial charge in [0.15, 0.2) is 0 Å². The van der Waals surface area contributed by atoms with Crippen LogP contribution >= 0.6 is 31.9 Å².